The van der Waals surface area contributed by atoms with Gasteiger partial charge in [0.25, 0.3) is 11.5 Å². The van der Waals surface area contributed by atoms with E-state index in [1.165, 1.54) is 16.2 Å². The smallest absolute Gasteiger partial charge is 0.267 e. The number of carbonyl (C=O) groups is 1. The Bertz CT molecular complexity index is 1200. The van der Waals surface area contributed by atoms with Gasteiger partial charge in [-0.2, -0.15) is 0 Å². The summed E-state index contributed by atoms with van der Waals surface area (Å²) in [6.45, 7) is 4.32. The number of nitrogens with one attached hydrogen (secondary N) is 1. The summed E-state index contributed by atoms with van der Waals surface area (Å²) in [5, 5.41) is 3.16. The van der Waals surface area contributed by atoms with E-state index in [2.05, 4.69) is 10.3 Å². The van der Waals surface area contributed by atoms with Gasteiger partial charge in [-0.25, -0.2) is 4.98 Å². The summed E-state index contributed by atoms with van der Waals surface area (Å²) in [5.74, 6) is 0.907. The number of nitrogens with zero attached hydrogens (tertiary/aromatic N) is 3. The van der Waals surface area contributed by atoms with Gasteiger partial charge in [-0.05, 0) is 43.7 Å². The Morgan fingerprint density at radius 1 is 1.30 bits per heavy atom. The molecule has 1 fully saturated rings. The van der Waals surface area contributed by atoms with E-state index in [9.17, 15) is 9.59 Å². The number of thioether (sulfide) groups is 1. The fraction of sp³-hybridized carbons (Fsp3) is 0.238. The summed E-state index contributed by atoms with van der Waals surface area (Å²) >= 11 is 6.61. The molecule has 0 spiro atoms. The second-order valence-corrected chi connectivity index (χ2v) is 8.53. The monoisotopic (exact) mass is 440 g/mol. The van der Waals surface area contributed by atoms with Gasteiger partial charge in [-0.15, -0.1) is 0 Å². The second kappa shape index (κ2) is 8.45. The third kappa shape index (κ3) is 3.78. The highest BCUT2D eigenvalue weighted by atomic mass is 32.2. The lowest BCUT2D eigenvalue weighted by atomic mass is 10.2. The van der Waals surface area contributed by atoms with Crippen LogP contribution in [0.3, 0.4) is 0 Å². The fourth-order valence-electron chi connectivity index (χ4n) is 3.13. The van der Waals surface area contributed by atoms with Gasteiger partial charge < -0.3 is 9.73 Å². The van der Waals surface area contributed by atoms with Crippen molar-refractivity contribution < 1.29 is 9.21 Å². The van der Waals surface area contributed by atoms with Crippen LogP contribution in [0.4, 0.5) is 5.82 Å². The van der Waals surface area contributed by atoms with Gasteiger partial charge in [0, 0.05) is 12.2 Å². The molecule has 1 saturated heterocycles. The number of anilines is 1. The van der Waals surface area contributed by atoms with E-state index in [1.54, 1.807) is 41.6 Å². The van der Waals surface area contributed by atoms with Crippen molar-refractivity contribution in [1.29, 1.82) is 0 Å². The molecular weight excluding hydrogens is 420 g/mol. The van der Waals surface area contributed by atoms with Crippen LogP contribution in [0.2, 0.25) is 0 Å². The summed E-state index contributed by atoms with van der Waals surface area (Å²) in [4.78, 5) is 32.8. The van der Waals surface area contributed by atoms with E-state index in [1.807, 2.05) is 26.0 Å². The summed E-state index contributed by atoms with van der Waals surface area (Å²) in [7, 11) is 0. The van der Waals surface area contributed by atoms with Crippen molar-refractivity contribution in [3.8, 4) is 0 Å². The van der Waals surface area contributed by atoms with Gasteiger partial charge in [0.2, 0.25) is 0 Å². The average Bonchev–Trinajstić information content (AvgIpc) is 3.36. The van der Waals surface area contributed by atoms with Gasteiger partial charge >= 0.3 is 0 Å². The molecule has 7 nitrogen and oxygen atoms in total. The predicted octanol–water partition coefficient (Wildman–Crippen LogP) is 3.90. The fourth-order valence-corrected chi connectivity index (χ4v) is 4.57. The first-order valence-electron chi connectivity index (χ1n) is 9.54. The van der Waals surface area contributed by atoms with Crippen LogP contribution in [0, 0.1) is 0 Å². The van der Waals surface area contributed by atoms with Crippen molar-refractivity contribution >= 4 is 51.7 Å². The third-order valence-electron chi connectivity index (χ3n) is 4.91. The molecule has 30 heavy (non-hydrogen) atoms. The molecule has 1 aliphatic rings. The van der Waals surface area contributed by atoms with Gasteiger partial charge in [0.05, 0.1) is 23.3 Å². The van der Waals surface area contributed by atoms with Crippen molar-refractivity contribution in [3.63, 3.8) is 0 Å². The van der Waals surface area contributed by atoms with Crippen LogP contribution in [0.25, 0.3) is 11.7 Å². The van der Waals surface area contributed by atoms with E-state index < -0.39 is 0 Å². The molecule has 0 radical (unpaired) electrons. The Labute approximate surface area is 182 Å². The lowest BCUT2D eigenvalue weighted by Crippen LogP contribution is -2.36. The van der Waals surface area contributed by atoms with E-state index >= 15 is 0 Å². The number of carbonyl (C=O) groups excluding carboxylic acids is 1. The van der Waals surface area contributed by atoms with Crippen molar-refractivity contribution in [1.82, 2.24) is 14.3 Å². The van der Waals surface area contributed by atoms with Gasteiger partial charge in [0.1, 0.15) is 21.5 Å². The zero-order valence-electron chi connectivity index (χ0n) is 16.5. The molecule has 3 aromatic rings. The molecule has 3 aromatic heterocycles. The maximum Gasteiger partial charge on any atom is 0.267 e. The number of amides is 1. The van der Waals surface area contributed by atoms with Gasteiger partial charge in [-0.1, -0.05) is 37.0 Å². The molecule has 1 N–H and O–H groups in total. The molecule has 1 atom stereocenters. The van der Waals surface area contributed by atoms with Crippen molar-refractivity contribution in [2.45, 2.75) is 32.9 Å². The van der Waals surface area contributed by atoms with Crippen LogP contribution < -0.4 is 10.9 Å². The van der Waals surface area contributed by atoms with E-state index in [4.69, 9.17) is 16.6 Å². The number of hydrogen-bond acceptors (Lipinski definition) is 7. The number of furan rings is 1. The summed E-state index contributed by atoms with van der Waals surface area (Å²) in [6.07, 6.45) is 5.61. The number of aromatic nitrogens is 2. The lowest BCUT2D eigenvalue weighted by Gasteiger charge is -2.21. The van der Waals surface area contributed by atoms with Crippen LogP contribution in [0.15, 0.2) is 56.9 Å². The van der Waals surface area contributed by atoms with Gasteiger partial charge in [0.15, 0.2) is 0 Å². The van der Waals surface area contributed by atoms with E-state index in [-0.39, 0.29) is 17.5 Å². The second-order valence-electron chi connectivity index (χ2n) is 6.85. The minimum Gasteiger partial charge on any atom is -0.467 e. The first kappa shape index (κ1) is 20.4. The minimum absolute atomic E-state index is 0.00391. The highest BCUT2D eigenvalue weighted by molar-refractivity contribution is 8.26. The predicted molar refractivity (Wildman–Crippen MR) is 122 cm³/mol. The molecule has 0 aliphatic carbocycles. The molecular formula is C21H20N4O3S2. The standard InChI is InChI=1S/C21H20N4O3S2/c1-3-13(2)25-20(27)16(30-21(25)29)11-15-18(22-12-14-7-6-10-28-14)23-17-8-4-5-9-24(17)19(15)26/h4-11,13,22H,3,12H2,1-2H3. The zero-order chi connectivity index (χ0) is 21.3. The third-order valence-corrected chi connectivity index (χ3v) is 6.24. The van der Waals surface area contributed by atoms with Gasteiger partial charge in [-0.3, -0.25) is 18.9 Å². The zero-order valence-corrected chi connectivity index (χ0v) is 18.1. The molecule has 1 amide bonds. The van der Waals surface area contributed by atoms with Crippen LogP contribution >= 0.6 is 24.0 Å². The Kier molecular flexibility index (Phi) is 5.74. The first-order valence-corrected chi connectivity index (χ1v) is 10.8. The van der Waals surface area contributed by atoms with Crippen LogP contribution in [-0.2, 0) is 11.3 Å². The molecule has 1 unspecified atom stereocenters. The van der Waals surface area contributed by atoms with Crippen molar-refractivity contribution in [2.24, 2.45) is 0 Å². The molecule has 4 heterocycles. The first-order chi connectivity index (χ1) is 14.5. The number of thiocarbonyl (C=S) groups is 1. The number of pyridine rings is 1. The summed E-state index contributed by atoms with van der Waals surface area (Å²) < 4.78 is 7.32. The molecule has 9 heteroatoms. The topological polar surface area (TPSA) is 79.8 Å². The molecule has 0 saturated carbocycles. The van der Waals surface area contributed by atoms with Crippen LogP contribution in [0.1, 0.15) is 31.6 Å². The van der Waals surface area contributed by atoms with Crippen molar-refractivity contribution in [3.05, 3.63) is 69.4 Å². The van der Waals surface area contributed by atoms with E-state index in [0.717, 1.165) is 6.42 Å². The highest BCUT2D eigenvalue weighted by Gasteiger charge is 2.35. The normalized spacial score (nSPS) is 16.6. The average molecular weight is 441 g/mol. The van der Waals surface area contributed by atoms with Crippen molar-refractivity contribution in [2.75, 3.05) is 5.32 Å². The minimum atomic E-state index is -0.267. The maximum atomic E-state index is 13.2. The summed E-state index contributed by atoms with van der Waals surface area (Å²) in [6, 6.07) is 8.95. The van der Waals surface area contributed by atoms with E-state index in [0.29, 0.717) is 38.6 Å². The Balaban J connectivity index is 1.78. The quantitative estimate of drug-likeness (QED) is 0.460. The Hall–Kier alpha value is -2.91. The molecule has 0 aromatic carbocycles. The molecule has 0 bridgehead atoms. The largest absolute Gasteiger partial charge is 0.467 e. The highest BCUT2D eigenvalue weighted by Crippen LogP contribution is 2.34. The molecule has 4 rings (SSSR count). The number of hydrogen-bond donors (Lipinski definition) is 1. The number of fused-ring (bicyclic) bond motifs is 1. The molecule has 1 aliphatic heterocycles. The SMILES string of the molecule is CCC(C)N1C(=O)C(=Cc2c(NCc3ccco3)nc3ccccn3c2=O)SC1=S. The summed E-state index contributed by atoms with van der Waals surface area (Å²) in [5.41, 5.74) is 0.542. The van der Waals surface area contributed by atoms with Crippen LogP contribution in [-0.4, -0.2) is 30.6 Å². The Morgan fingerprint density at radius 2 is 2.13 bits per heavy atom. The maximum absolute atomic E-state index is 13.2. The number of rotatable bonds is 6. The van der Waals surface area contributed by atoms with Crippen LogP contribution in [0.5, 0.6) is 0 Å². The lowest BCUT2D eigenvalue weighted by molar-refractivity contribution is -0.123. The Morgan fingerprint density at radius 3 is 2.87 bits per heavy atom. The molecule has 154 valence electrons.